The van der Waals surface area contributed by atoms with Crippen molar-refractivity contribution in [1.29, 1.82) is 0 Å². The van der Waals surface area contributed by atoms with E-state index >= 15 is 0 Å². The SMILES string of the molecule is CCCCCCCCOC(CCCCCCCN(CCO)CCCCCCCCCCOC)OCCCCCCCC. The second kappa shape index (κ2) is 37.0. The Kier molecular flexibility index (Phi) is 36.8. The lowest BCUT2D eigenvalue weighted by Gasteiger charge is -2.21. The number of unbranched alkanes of at least 4 members (excludes halogenated alkanes) is 21. The van der Waals surface area contributed by atoms with Gasteiger partial charge in [-0.15, -0.1) is 0 Å². The zero-order valence-electron chi connectivity index (χ0n) is 29.0. The van der Waals surface area contributed by atoms with Crippen LogP contribution in [0.3, 0.4) is 0 Å². The summed E-state index contributed by atoms with van der Waals surface area (Å²) in [7, 11) is 1.79. The molecule has 0 aromatic heterocycles. The van der Waals surface area contributed by atoms with Crippen molar-refractivity contribution in [3.05, 3.63) is 0 Å². The first-order valence-electron chi connectivity index (χ1n) is 18.8. The summed E-state index contributed by atoms with van der Waals surface area (Å²) >= 11 is 0. The fourth-order valence-electron chi connectivity index (χ4n) is 5.71. The largest absolute Gasteiger partial charge is 0.395 e. The van der Waals surface area contributed by atoms with Crippen molar-refractivity contribution < 1.29 is 19.3 Å². The molecule has 0 aliphatic carbocycles. The lowest BCUT2D eigenvalue weighted by molar-refractivity contribution is -0.148. The average Bonchev–Trinajstić information content (AvgIpc) is 3.00. The molecule has 0 aromatic carbocycles. The number of aliphatic hydroxyl groups is 1. The topological polar surface area (TPSA) is 51.2 Å². The van der Waals surface area contributed by atoms with Crippen molar-refractivity contribution in [3.8, 4) is 0 Å². The van der Waals surface area contributed by atoms with E-state index in [9.17, 15) is 5.11 Å². The maximum Gasteiger partial charge on any atom is 0.157 e. The van der Waals surface area contributed by atoms with Crippen molar-refractivity contribution in [2.75, 3.05) is 53.2 Å². The van der Waals surface area contributed by atoms with Gasteiger partial charge in [0.05, 0.1) is 6.61 Å². The van der Waals surface area contributed by atoms with Crippen LogP contribution in [-0.4, -0.2) is 69.5 Å². The molecule has 1 N–H and O–H groups in total. The molecule has 0 atom stereocenters. The second-order valence-corrected chi connectivity index (χ2v) is 12.6. The zero-order valence-corrected chi connectivity index (χ0v) is 29.0. The van der Waals surface area contributed by atoms with Crippen LogP contribution in [0.2, 0.25) is 0 Å². The second-order valence-electron chi connectivity index (χ2n) is 12.6. The van der Waals surface area contributed by atoms with Crippen molar-refractivity contribution in [3.63, 3.8) is 0 Å². The Morgan fingerprint density at radius 2 is 0.833 bits per heavy atom. The van der Waals surface area contributed by atoms with Crippen molar-refractivity contribution in [2.45, 2.75) is 187 Å². The molecular weight excluding hydrogens is 522 g/mol. The molecule has 0 aliphatic heterocycles. The predicted octanol–water partition coefficient (Wildman–Crippen LogP) is 10.5. The number of hydrogen-bond acceptors (Lipinski definition) is 5. The monoisotopic (exact) mass is 600 g/mol. The number of ether oxygens (including phenoxy) is 3. The number of aliphatic hydroxyl groups excluding tert-OH is 1. The number of rotatable bonds is 37. The van der Waals surface area contributed by atoms with Gasteiger partial charge in [-0.3, -0.25) is 0 Å². The van der Waals surface area contributed by atoms with Gasteiger partial charge in [0.25, 0.3) is 0 Å². The fourth-order valence-corrected chi connectivity index (χ4v) is 5.71. The maximum atomic E-state index is 9.50. The Morgan fingerprint density at radius 3 is 1.26 bits per heavy atom. The Bertz CT molecular complexity index is 461. The third kappa shape index (κ3) is 32.7. The van der Waals surface area contributed by atoms with Gasteiger partial charge < -0.3 is 24.2 Å². The molecule has 0 spiro atoms. The molecule has 5 nitrogen and oxygen atoms in total. The van der Waals surface area contributed by atoms with Crippen LogP contribution >= 0.6 is 0 Å². The van der Waals surface area contributed by atoms with E-state index in [1.165, 1.54) is 161 Å². The summed E-state index contributed by atoms with van der Waals surface area (Å²) in [6, 6.07) is 0. The predicted molar refractivity (Wildman–Crippen MR) is 182 cm³/mol. The molecule has 0 aliphatic rings. The lowest BCUT2D eigenvalue weighted by atomic mass is 10.1. The maximum absolute atomic E-state index is 9.50. The highest BCUT2D eigenvalue weighted by atomic mass is 16.7. The summed E-state index contributed by atoms with van der Waals surface area (Å²) in [6.45, 7) is 10.5. The highest BCUT2D eigenvalue weighted by Gasteiger charge is 2.10. The van der Waals surface area contributed by atoms with E-state index in [1.54, 1.807) is 7.11 Å². The third-order valence-electron chi connectivity index (χ3n) is 8.51. The molecule has 254 valence electrons. The van der Waals surface area contributed by atoms with Gasteiger partial charge in [-0.2, -0.15) is 0 Å². The molecule has 42 heavy (non-hydrogen) atoms. The summed E-state index contributed by atoms with van der Waals surface area (Å²) in [5.41, 5.74) is 0. The first-order valence-corrected chi connectivity index (χ1v) is 18.8. The Morgan fingerprint density at radius 1 is 0.452 bits per heavy atom. The number of nitrogens with zero attached hydrogens (tertiary/aromatic N) is 1. The van der Waals surface area contributed by atoms with Crippen LogP contribution in [0.15, 0.2) is 0 Å². The van der Waals surface area contributed by atoms with Crippen LogP contribution in [0.25, 0.3) is 0 Å². The van der Waals surface area contributed by atoms with Crippen LogP contribution in [-0.2, 0) is 14.2 Å². The Balaban J connectivity index is 3.96. The smallest absolute Gasteiger partial charge is 0.157 e. The molecule has 0 saturated carbocycles. The zero-order chi connectivity index (χ0) is 30.6. The average molecular weight is 600 g/mol. The molecular formula is C37H77NO4. The summed E-state index contributed by atoms with van der Waals surface area (Å²) in [5, 5.41) is 9.50. The molecule has 0 aromatic rings. The highest BCUT2D eigenvalue weighted by molar-refractivity contribution is 4.60. The fraction of sp³-hybridized carbons (Fsp3) is 1.00. The molecule has 0 radical (unpaired) electrons. The van der Waals surface area contributed by atoms with Gasteiger partial charge in [0, 0.05) is 33.5 Å². The standard InChI is InChI=1S/C37H77NO4/c1-4-6-8-10-21-27-35-41-37(42-36-28-22-11-9-7-5-2)29-23-17-16-19-25-31-38(32-33-39)30-24-18-14-12-13-15-20-26-34-40-3/h37,39H,4-36H2,1-3H3. The summed E-state index contributed by atoms with van der Waals surface area (Å²) in [6.07, 6.45) is 33.5. The van der Waals surface area contributed by atoms with Gasteiger partial charge in [-0.05, 0) is 58.0 Å². The Hall–Kier alpha value is -0.200. The first-order chi connectivity index (χ1) is 20.8. The Labute approximate surface area is 264 Å². The summed E-state index contributed by atoms with van der Waals surface area (Å²) in [4.78, 5) is 2.48. The molecule has 0 fully saturated rings. The van der Waals surface area contributed by atoms with Crippen LogP contribution in [0.5, 0.6) is 0 Å². The van der Waals surface area contributed by atoms with Crippen molar-refractivity contribution >= 4 is 0 Å². The molecule has 0 bridgehead atoms. The van der Waals surface area contributed by atoms with E-state index < -0.39 is 0 Å². The van der Waals surface area contributed by atoms with Gasteiger partial charge in [0.2, 0.25) is 0 Å². The minimum atomic E-state index is -0.00742. The molecule has 0 unspecified atom stereocenters. The van der Waals surface area contributed by atoms with E-state index in [2.05, 4.69) is 18.7 Å². The van der Waals surface area contributed by atoms with Crippen LogP contribution in [0, 0.1) is 0 Å². The van der Waals surface area contributed by atoms with Gasteiger partial charge in [-0.1, -0.05) is 136 Å². The minimum absolute atomic E-state index is 0.00742. The molecule has 0 saturated heterocycles. The van der Waals surface area contributed by atoms with Crippen LogP contribution < -0.4 is 0 Å². The van der Waals surface area contributed by atoms with Gasteiger partial charge in [0.15, 0.2) is 6.29 Å². The molecule has 0 amide bonds. The van der Waals surface area contributed by atoms with Gasteiger partial charge >= 0.3 is 0 Å². The normalized spacial score (nSPS) is 11.9. The van der Waals surface area contributed by atoms with Gasteiger partial charge in [0.1, 0.15) is 0 Å². The molecule has 0 rings (SSSR count). The first kappa shape index (κ1) is 41.8. The summed E-state index contributed by atoms with van der Waals surface area (Å²) in [5.74, 6) is 0. The molecule has 5 heteroatoms. The van der Waals surface area contributed by atoms with E-state index in [1.807, 2.05) is 0 Å². The highest BCUT2D eigenvalue weighted by Crippen LogP contribution is 2.15. The van der Waals surface area contributed by atoms with E-state index in [-0.39, 0.29) is 12.9 Å². The van der Waals surface area contributed by atoms with Crippen molar-refractivity contribution in [1.82, 2.24) is 4.90 Å². The molecule has 0 heterocycles. The lowest BCUT2D eigenvalue weighted by Crippen LogP contribution is -2.29. The quantitative estimate of drug-likeness (QED) is 0.0568. The third-order valence-corrected chi connectivity index (χ3v) is 8.51. The van der Waals surface area contributed by atoms with E-state index in [4.69, 9.17) is 14.2 Å². The van der Waals surface area contributed by atoms with Gasteiger partial charge in [-0.25, -0.2) is 0 Å². The van der Waals surface area contributed by atoms with Crippen LogP contribution in [0.1, 0.15) is 181 Å². The minimum Gasteiger partial charge on any atom is -0.395 e. The van der Waals surface area contributed by atoms with Crippen LogP contribution in [0.4, 0.5) is 0 Å². The number of hydrogen-bond donors (Lipinski definition) is 1. The number of methoxy groups -OCH3 is 1. The van der Waals surface area contributed by atoms with E-state index in [0.29, 0.717) is 0 Å². The van der Waals surface area contributed by atoms with Crippen molar-refractivity contribution in [2.24, 2.45) is 0 Å². The van der Waals surface area contributed by atoms with E-state index in [0.717, 1.165) is 45.9 Å². The summed E-state index contributed by atoms with van der Waals surface area (Å²) < 4.78 is 17.5.